The van der Waals surface area contributed by atoms with Gasteiger partial charge < -0.3 is 14.8 Å². The highest BCUT2D eigenvalue weighted by Gasteiger charge is 2.14. The van der Waals surface area contributed by atoms with Crippen molar-refractivity contribution in [3.8, 4) is 11.5 Å². The molecule has 140 valence electrons. The maximum atomic E-state index is 12.4. The second-order valence-electron chi connectivity index (χ2n) is 6.56. The first-order valence-electron chi connectivity index (χ1n) is 9.18. The summed E-state index contributed by atoms with van der Waals surface area (Å²) in [5, 5.41) is 5.37. The molecule has 1 amide bonds. The molecule has 4 nitrogen and oxygen atoms in total. The number of nitrogens with one attached hydrogen (secondary N) is 1. The summed E-state index contributed by atoms with van der Waals surface area (Å²) in [7, 11) is 1.63. The van der Waals surface area contributed by atoms with Crippen molar-refractivity contribution in [2.45, 2.75) is 13.3 Å². The van der Waals surface area contributed by atoms with E-state index < -0.39 is 0 Å². The number of rotatable bonds is 8. The molecule has 4 heteroatoms. The molecule has 0 saturated heterocycles. The Hall–Kier alpha value is -3.01. The van der Waals surface area contributed by atoms with Gasteiger partial charge >= 0.3 is 0 Å². The molecule has 27 heavy (non-hydrogen) atoms. The number of hydrogen-bond donors (Lipinski definition) is 1. The molecule has 0 radical (unpaired) electrons. The molecule has 1 atom stereocenters. The van der Waals surface area contributed by atoms with Crippen molar-refractivity contribution in [2.24, 2.45) is 5.92 Å². The van der Waals surface area contributed by atoms with Crippen molar-refractivity contribution < 1.29 is 14.3 Å². The molecule has 0 saturated carbocycles. The van der Waals surface area contributed by atoms with Crippen LogP contribution in [0.2, 0.25) is 0 Å². The maximum absolute atomic E-state index is 12.4. The summed E-state index contributed by atoms with van der Waals surface area (Å²) in [6.45, 7) is 2.87. The van der Waals surface area contributed by atoms with Crippen molar-refractivity contribution in [3.05, 3.63) is 72.3 Å². The van der Waals surface area contributed by atoms with E-state index in [9.17, 15) is 4.79 Å². The fourth-order valence-corrected chi connectivity index (χ4v) is 3.08. The third-order valence-electron chi connectivity index (χ3n) is 4.58. The summed E-state index contributed by atoms with van der Waals surface area (Å²) in [4.78, 5) is 12.4. The van der Waals surface area contributed by atoms with E-state index in [0.29, 0.717) is 19.6 Å². The van der Waals surface area contributed by atoms with Crippen LogP contribution in [0.5, 0.6) is 11.5 Å². The quantitative estimate of drug-likeness (QED) is 0.610. The van der Waals surface area contributed by atoms with Crippen LogP contribution in [0.25, 0.3) is 10.8 Å². The summed E-state index contributed by atoms with van der Waals surface area (Å²) in [5.41, 5.74) is 1.20. The summed E-state index contributed by atoms with van der Waals surface area (Å²) < 4.78 is 10.8. The molecule has 0 aliphatic rings. The first kappa shape index (κ1) is 18.8. The first-order chi connectivity index (χ1) is 13.2. The van der Waals surface area contributed by atoms with Crippen molar-refractivity contribution in [1.82, 2.24) is 5.32 Å². The number of benzene rings is 3. The van der Waals surface area contributed by atoms with Crippen LogP contribution in [-0.2, 0) is 11.2 Å². The molecular formula is C23H25NO3. The van der Waals surface area contributed by atoms with Gasteiger partial charge in [-0.15, -0.1) is 0 Å². The van der Waals surface area contributed by atoms with Crippen LogP contribution in [0.1, 0.15) is 12.5 Å². The molecule has 0 fully saturated rings. The zero-order chi connectivity index (χ0) is 19.1. The highest BCUT2D eigenvalue weighted by Crippen LogP contribution is 2.21. The van der Waals surface area contributed by atoms with Crippen molar-refractivity contribution in [1.29, 1.82) is 0 Å². The van der Waals surface area contributed by atoms with Gasteiger partial charge in [-0.3, -0.25) is 4.79 Å². The largest absolute Gasteiger partial charge is 0.497 e. The van der Waals surface area contributed by atoms with Crippen molar-refractivity contribution in [2.75, 3.05) is 20.3 Å². The number of carbonyl (C=O) groups excluding carboxylic acids is 1. The van der Waals surface area contributed by atoms with Gasteiger partial charge in [-0.2, -0.15) is 0 Å². The van der Waals surface area contributed by atoms with Gasteiger partial charge in [0, 0.05) is 5.92 Å². The summed E-state index contributed by atoms with van der Waals surface area (Å²) in [6, 6.07) is 21.9. The maximum Gasteiger partial charge on any atom is 0.223 e. The number of methoxy groups -OCH3 is 1. The summed E-state index contributed by atoms with van der Waals surface area (Å²) in [6.07, 6.45) is 0.715. The highest BCUT2D eigenvalue weighted by atomic mass is 16.5. The van der Waals surface area contributed by atoms with Gasteiger partial charge in [-0.25, -0.2) is 0 Å². The van der Waals surface area contributed by atoms with E-state index in [2.05, 4.69) is 29.6 Å². The van der Waals surface area contributed by atoms with Gasteiger partial charge in [0.05, 0.1) is 13.7 Å². The molecule has 0 bridgehead atoms. The average molecular weight is 363 g/mol. The average Bonchev–Trinajstić information content (AvgIpc) is 2.71. The highest BCUT2D eigenvalue weighted by molar-refractivity contribution is 5.86. The van der Waals surface area contributed by atoms with Gasteiger partial charge in [0.15, 0.2) is 0 Å². The first-order valence-corrected chi connectivity index (χ1v) is 9.18. The second kappa shape index (κ2) is 9.08. The SMILES string of the molecule is COc1ccc(OCCNC(=O)[C@@H](C)Cc2cccc3ccccc23)cc1. The molecule has 0 aliphatic heterocycles. The zero-order valence-corrected chi connectivity index (χ0v) is 15.8. The Morgan fingerprint density at radius 2 is 1.67 bits per heavy atom. The van der Waals surface area contributed by atoms with Crippen molar-refractivity contribution >= 4 is 16.7 Å². The van der Waals surface area contributed by atoms with Gasteiger partial charge in [-0.1, -0.05) is 49.4 Å². The molecule has 0 heterocycles. The van der Waals surface area contributed by atoms with E-state index in [-0.39, 0.29) is 11.8 Å². The van der Waals surface area contributed by atoms with Crippen molar-refractivity contribution in [3.63, 3.8) is 0 Å². The molecule has 0 aromatic heterocycles. The number of fused-ring (bicyclic) bond motifs is 1. The fourth-order valence-electron chi connectivity index (χ4n) is 3.08. The minimum Gasteiger partial charge on any atom is -0.497 e. The molecule has 3 aromatic rings. The number of carbonyl (C=O) groups is 1. The van der Waals surface area contributed by atoms with E-state index >= 15 is 0 Å². The summed E-state index contributed by atoms with van der Waals surface area (Å²) >= 11 is 0. The van der Waals surface area contributed by atoms with Crippen LogP contribution in [0.3, 0.4) is 0 Å². The zero-order valence-electron chi connectivity index (χ0n) is 15.8. The van der Waals surface area contributed by atoms with E-state index in [1.165, 1.54) is 16.3 Å². The molecule has 3 aromatic carbocycles. The smallest absolute Gasteiger partial charge is 0.223 e. The minimum absolute atomic E-state index is 0.0428. The van der Waals surface area contributed by atoms with Crippen LogP contribution < -0.4 is 14.8 Å². The van der Waals surface area contributed by atoms with Gasteiger partial charge in [0.1, 0.15) is 18.1 Å². The van der Waals surface area contributed by atoms with Crippen LogP contribution in [0.15, 0.2) is 66.7 Å². The lowest BCUT2D eigenvalue weighted by molar-refractivity contribution is -0.124. The molecule has 0 aliphatic carbocycles. The predicted octanol–water partition coefficient (Wildman–Crippen LogP) is 4.22. The van der Waals surface area contributed by atoms with Crippen LogP contribution in [0, 0.1) is 5.92 Å². The second-order valence-corrected chi connectivity index (χ2v) is 6.56. The Labute approximate surface area is 160 Å². The van der Waals surface area contributed by atoms with Crippen LogP contribution in [-0.4, -0.2) is 26.2 Å². The Bertz CT molecular complexity index is 884. The molecule has 3 rings (SSSR count). The normalized spacial score (nSPS) is 11.8. The number of amides is 1. The van der Waals surface area contributed by atoms with E-state index in [1.54, 1.807) is 7.11 Å². The monoisotopic (exact) mass is 363 g/mol. The van der Waals surface area contributed by atoms with Gasteiger partial charge in [0.25, 0.3) is 0 Å². The molecule has 0 unspecified atom stereocenters. The van der Waals surface area contributed by atoms with Crippen LogP contribution in [0.4, 0.5) is 0 Å². The predicted molar refractivity (Wildman–Crippen MR) is 108 cm³/mol. The Morgan fingerprint density at radius 1 is 0.963 bits per heavy atom. The third-order valence-corrected chi connectivity index (χ3v) is 4.58. The van der Waals surface area contributed by atoms with E-state index in [0.717, 1.165) is 11.5 Å². The van der Waals surface area contributed by atoms with Gasteiger partial charge in [0.2, 0.25) is 5.91 Å². The molecule has 1 N–H and O–H groups in total. The number of hydrogen-bond acceptors (Lipinski definition) is 3. The lowest BCUT2D eigenvalue weighted by Gasteiger charge is -2.14. The minimum atomic E-state index is -0.100. The van der Waals surface area contributed by atoms with E-state index in [4.69, 9.17) is 9.47 Å². The van der Waals surface area contributed by atoms with Gasteiger partial charge in [-0.05, 0) is 47.0 Å². The summed E-state index contributed by atoms with van der Waals surface area (Å²) in [5.74, 6) is 1.49. The Balaban J connectivity index is 1.47. The topological polar surface area (TPSA) is 47.6 Å². The lowest BCUT2D eigenvalue weighted by atomic mass is 9.95. The number of ether oxygens (including phenoxy) is 2. The lowest BCUT2D eigenvalue weighted by Crippen LogP contribution is -2.33. The standard InChI is InChI=1S/C23H25NO3/c1-17(16-19-8-5-7-18-6-3-4-9-22(18)19)23(25)24-14-15-27-21-12-10-20(26-2)11-13-21/h3-13,17H,14-16H2,1-2H3,(H,24,25)/t17-/m0/s1. The Morgan fingerprint density at radius 3 is 2.44 bits per heavy atom. The van der Waals surface area contributed by atoms with E-state index in [1.807, 2.05) is 49.4 Å². The molecular weight excluding hydrogens is 338 g/mol. The van der Waals surface area contributed by atoms with Crippen LogP contribution >= 0.6 is 0 Å². The Kier molecular flexibility index (Phi) is 6.31. The fraction of sp³-hybridized carbons (Fsp3) is 0.261. The molecule has 0 spiro atoms. The third kappa shape index (κ3) is 5.00.